The van der Waals surface area contributed by atoms with Gasteiger partial charge in [0, 0.05) is 44.8 Å². The average molecular weight is 329 g/mol. The fraction of sp³-hybridized carbons (Fsp3) is 0.579. The molecule has 130 valence electrons. The number of rotatable bonds is 4. The maximum absolute atomic E-state index is 12.5. The first-order valence-corrected chi connectivity index (χ1v) is 8.95. The van der Waals surface area contributed by atoms with Crippen molar-refractivity contribution >= 4 is 12.3 Å². The van der Waals surface area contributed by atoms with Crippen LogP contribution in [-0.2, 0) is 11.3 Å². The molecule has 0 radical (unpaired) electrons. The number of piperazine rings is 1. The monoisotopic (exact) mass is 329 g/mol. The van der Waals surface area contributed by atoms with Crippen molar-refractivity contribution in [2.75, 3.05) is 39.3 Å². The Kier molecular flexibility index (Phi) is 5.51. The number of nitrogens with zero attached hydrogens (tertiary/aromatic N) is 3. The predicted octanol–water partition coefficient (Wildman–Crippen LogP) is 1.83. The average Bonchev–Trinajstić information content (AvgIpc) is 2.62. The van der Waals surface area contributed by atoms with Crippen molar-refractivity contribution in [2.24, 2.45) is 5.92 Å². The van der Waals surface area contributed by atoms with Crippen LogP contribution in [0.25, 0.3) is 0 Å². The standard InChI is InChI=1S/C19H27N3O2/c1-16-3-2-8-21(13-16)14-17-4-6-18(7-5-17)19(24)22-11-9-20(15-23)10-12-22/h4-7,15-16H,2-3,8-14H2,1H3/t16-/m0/s1. The zero-order chi connectivity index (χ0) is 16.9. The first kappa shape index (κ1) is 17.0. The number of likely N-dealkylation sites (tertiary alicyclic amines) is 1. The van der Waals surface area contributed by atoms with Crippen molar-refractivity contribution < 1.29 is 9.59 Å². The molecule has 0 aromatic heterocycles. The molecule has 0 aliphatic carbocycles. The van der Waals surface area contributed by atoms with Crippen molar-refractivity contribution in [3.63, 3.8) is 0 Å². The maximum atomic E-state index is 12.5. The largest absolute Gasteiger partial charge is 0.342 e. The van der Waals surface area contributed by atoms with Gasteiger partial charge in [0.05, 0.1) is 0 Å². The normalized spacial score (nSPS) is 22.5. The first-order chi connectivity index (χ1) is 11.7. The van der Waals surface area contributed by atoms with Gasteiger partial charge in [0.1, 0.15) is 0 Å². The van der Waals surface area contributed by atoms with E-state index in [1.165, 1.54) is 31.5 Å². The fourth-order valence-corrected chi connectivity index (χ4v) is 3.65. The van der Waals surface area contributed by atoms with Gasteiger partial charge in [0.15, 0.2) is 0 Å². The number of amides is 2. The summed E-state index contributed by atoms with van der Waals surface area (Å²) in [6.07, 6.45) is 3.48. The van der Waals surface area contributed by atoms with Gasteiger partial charge >= 0.3 is 0 Å². The Balaban J connectivity index is 1.56. The molecule has 0 bridgehead atoms. The summed E-state index contributed by atoms with van der Waals surface area (Å²) < 4.78 is 0. The number of carbonyl (C=O) groups is 2. The highest BCUT2D eigenvalue weighted by molar-refractivity contribution is 5.94. The summed E-state index contributed by atoms with van der Waals surface area (Å²) in [5.74, 6) is 0.850. The summed E-state index contributed by atoms with van der Waals surface area (Å²) in [5.41, 5.74) is 2.01. The molecule has 1 aromatic rings. The summed E-state index contributed by atoms with van der Waals surface area (Å²) in [6, 6.07) is 8.04. The molecule has 0 spiro atoms. The first-order valence-electron chi connectivity index (χ1n) is 8.95. The van der Waals surface area contributed by atoms with E-state index in [0.29, 0.717) is 26.2 Å². The van der Waals surface area contributed by atoms with E-state index in [2.05, 4.69) is 24.0 Å². The Labute approximate surface area is 144 Å². The van der Waals surface area contributed by atoms with Gasteiger partial charge < -0.3 is 9.80 Å². The molecule has 5 nitrogen and oxygen atoms in total. The van der Waals surface area contributed by atoms with E-state index in [-0.39, 0.29) is 5.91 Å². The highest BCUT2D eigenvalue weighted by Gasteiger charge is 2.21. The smallest absolute Gasteiger partial charge is 0.253 e. The third kappa shape index (κ3) is 4.15. The van der Waals surface area contributed by atoms with E-state index in [0.717, 1.165) is 24.4 Å². The van der Waals surface area contributed by atoms with Crippen LogP contribution in [0.5, 0.6) is 0 Å². The molecule has 2 aliphatic heterocycles. The van der Waals surface area contributed by atoms with E-state index < -0.39 is 0 Å². The number of hydrogen-bond acceptors (Lipinski definition) is 3. The Morgan fingerprint density at radius 3 is 2.46 bits per heavy atom. The molecule has 1 aromatic carbocycles. The number of carbonyl (C=O) groups excluding carboxylic acids is 2. The van der Waals surface area contributed by atoms with E-state index in [4.69, 9.17) is 0 Å². The van der Waals surface area contributed by atoms with Crippen LogP contribution < -0.4 is 0 Å². The molecule has 1 atom stereocenters. The van der Waals surface area contributed by atoms with E-state index in [9.17, 15) is 9.59 Å². The molecule has 2 aliphatic rings. The highest BCUT2D eigenvalue weighted by Crippen LogP contribution is 2.18. The summed E-state index contributed by atoms with van der Waals surface area (Å²) in [7, 11) is 0. The lowest BCUT2D eigenvalue weighted by atomic mass is 9.99. The van der Waals surface area contributed by atoms with Gasteiger partial charge in [-0.1, -0.05) is 19.1 Å². The molecular weight excluding hydrogens is 302 g/mol. The summed E-state index contributed by atoms with van der Waals surface area (Å²) >= 11 is 0. The molecule has 0 N–H and O–H groups in total. The molecule has 0 saturated carbocycles. The second-order valence-corrected chi connectivity index (χ2v) is 7.11. The summed E-state index contributed by atoms with van der Waals surface area (Å²) in [6.45, 7) is 8.11. The molecule has 2 saturated heterocycles. The molecule has 2 amide bonds. The van der Waals surface area contributed by atoms with Gasteiger partial charge in [-0.3, -0.25) is 14.5 Å². The van der Waals surface area contributed by atoms with Gasteiger partial charge in [-0.25, -0.2) is 0 Å². The Hall–Kier alpha value is -1.88. The minimum atomic E-state index is 0.0682. The second-order valence-electron chi connectivity index (χ2n) is 7.11. The van der Waals surface area contributed by atoms with Gasteiger partial charge in [-0.05, 0) is 43.0 Å². The Morgan fingerprint density at radius 2 is 1.83 bits per heavy atom. The second kappa shape index (κ2) is 7.79. The summed E-state index contributed by atoms with van der Waals surface area (Å²) in [4.78, 5) is 29.3. The quantitative estimate of drug-likeness (QED) is 0.792. The van der Waals surface area contributed by atoms with Gasteiger partial charge in [0.2, 0.25) is 6.41 Å². The molecule has 2 heterocycles. The predicted molar refractivity (Wildman–Crippen MR) is 93.7 cm³/mol. The van der Waals surface area contributed by atoms with E-state index in [1.807, 2.05) is 17.0 Å². The van der Waals surface area contributed by atoms with E-state index in [1.54, 1.807) is 4.90 Å². The molecule has 0 unspecified atom stereocenters. The molecule has 3 rings (SSSR count). The van der Waals surface area contributed by atoms with Crippen LogP contribution in [0, 0.1) is 5.92 Å². The minimum absolute atomic E-state index is 0.0682. The lowest BCUT2D eigenvalue weighted by Crippen LogP contribution is -2.48. The topological polar surface area (TPSA) is 43.9 Å². The van der Waals surface area contributed by atoms with Gasteiger partial charge in [-0.2, -0.15) is 0 Å². The van der Waals surface area contributed by atoms with Gasteiger partial charge in [-0.15, -0.1) is 0 Å². The zero-order valence-corrected chi connectivity index (χ0v) is 14.5. The van der Waals surface area contributed by atoms with Crippen molar-refractivity contribution in [3.8, 4) is 0 Å². The van der Waals surface area contributed by atoms with Crippen LogP contribution in [0.1, 0.15) is 35.7 Å². The Morgan fingerprint density at radius 1 is 1.12 bits per heavy atom. The SMILES string of the molecule is C[C@H]1CCCN(Cc2ccc(C(=O)N3CCN(C=O)CC3)cc2)C1. The van der Waals surface area contributed by atoms with Crippen LogP contribution >= 0.6 is 0 Å². The lowest BCUT2D eigenvalue weighted by Gasteiger charge is -2.32. The minimum Gasteiger partial charge on any atom is -0.342 e. The van der Waals surface area contributed by atoms with Crippen molar-refractivity contribution in [1.82, 2.24) is 14.7 Å². The number of benzene rings is 1. The highest BCUT2D eigenvalue weighted by atomic mass is 16.2. The van der Waals surface area contributed by atoms with Crippen molar-refractivity contribution in [1.29, 1.82) is 0 Å². The maximum Gasteiger partial charge on any atom is 0.253 e. The Bertz CT molecular complexity index is 564. The third-order valence-electron chi connectivity index (χ3n) is 5.10. The molecule has 2 fully saturated rings. The zero-order valence-electron chi connectivity index (χ0n) is 14.5. The molecule has 24 heavy (non-hydrogen) atoms. The van der Waals surface area contributed by atoms with Crippen molar-refractivity contribution in [3.05, 3.63) is 35.4 Å². The van der Waals surface area contributed by atoms with Crippen LogP contribution in [-0.4, -0.2) is 66.3 Å². The molecule has 5 heteroatoms. The number of hydrogen-bond donors (Lipinski definition) is 0. The van der Waals surface area contributed by atoms with Crippen LogP contribution in [0.3, 0.4) is 0 Å². The summed E-state index contributed by atoms with van der Waals surface area (Å²) in [5, 5.41) is 0. The van der Waals surface area contributed by atoms with Gasteiger partial charge in [0.25, 0.3) is 5.91 Å². The van der Waals surface area contributed by atoms with E-state index >= 15 is 0 Å². The van der Waals surface area contributed by atoms with Crippen LogP contribution in [0.2, 0.25) is 0 Å². The third-order valence-corrected chi connectivity index (χ3v) is 5.10. The lowest BCUT2D eigenvalue weighted by molar-refractivity contribution is -0.119. The fourth-order valence-electron chi connectivity index (χ4n) is 3.65. The van der Waals surface area contributed by atoms with Crippen LogP contribution in [0.4, 0.5) is 0 Å². The molecular formula is C19H27N3O2. The number of piperidine rings is 1. The van der Waals surface area contributed by atoms with Crippen LogP contribution in [0.15, 0.2) is 24.3 Å². The van der Waals surface area contributed by atoms with Crippen molar-refractivity contribution in [2.45, 2.75) is 26.3 Å².